The van der Waals surface area contributed by atoms with Gasteiger partial charge < -0.3 is 14.8 Å². The van der Waals surface area contributed by atoms with Gasteiger partial charge in [0.05, 0.1) is 24.9 Å². The van der Waals surface area contributed by atoms with Crippen molar-refractivity contribution in [1.29, 1.82) is 0 Å². The van der Waals surface area contributed by atoms with Gasteiger partial charge >= 0.3 is 0 Å². The number of hydrogen-bond donors (Lipinski definition) is 1. The van der Waals surface area contributed by atoms with Gasteiger partial charge in [0, 0.05) is 22.9 Å². The molecule has 1 aliphatic heterocycles. The third-order valence-electron chi connectivity index (χ3n) is 4.12. The van der Waals surface area contributed by atoms with Crippen molar-refractivity contribution in [3.05, 3.63) is 28.1 Å². The minimum absolute atomic E-state index is 0.548. The molecule has 0 amide bonds. The predicted molar refractivity (Wildman–Crippen MR) is 90.2 cm³/mol. The molecule has 1 aromatic heterocycles. The summed E-state index contributed by atoms with van der Waals surface area (Å²) in [6, 6.07) is 5.99. The largest absolute Gasteiger partial charge is 0.493 e. The standard InChI is InChI=1S/C17H22N2O2S/c1-11-16(12-6-7-14(20-2)15(9-12)21-3)19-17(22-11)13-5-4-8-18-10-13/h6-7,9,13,18H,4-5,8,10H2,1-3H3. The van der Waals surface area contributed by atoms with Crippen molar-refractivity contribution in [2.45, 2.75) is 25.7 Å². The van der Waals surface area contributed by atoms with E-state index in [0.717, 1.165) is 35.8 Å². The Hall–Kier alpha value is -1.59. The summed E-state index contributed by atoms with van der Waals surface area (Å²) >= 11 is 1.82. The van der Waals surface area contributed by atoms with E-state index in [9.17, 15) is 0 Å². The van der Waals surface area contributed by atoms with Crippen LogP contribution in [0.2, 0.25) is 0 Å². The molecule has 0 saturated carbocycles. The summed E-state index contributed by atoms with van der Waals surface area (Å²) in [7, 11) is 3.31. The number of thiazole rings is 1. The Morgan fingerprint density at radius 1 is 1.23 bits per heavy atom. The second kappa shape index (κ2) is 6.67. The molecule has 2 heterocycles. The molecule has 1 N–H and O–H groups in total. The van der Waals surface area contributed by atoms with Crippen LogP contribution in [-0.4, -0.2) is 32.3 Å². The Morgan fingerprint density at radius 3 is 2.73 bits per heavy atom. The van der Waals surface area contributed by atoms with Crippen LogP contribution in [0.15, 0.2) is 18.2 Å². The van der Waals surface area contributed by atoms with E-state index < -0.39 is 0 Å². The summed E-state index contributed by atoms with van der Waals surface area (Å²) < 4.78 is 10.7. The van der Waals surface area contributed by atoms with Gasteiger partial charge in [0.25, 0.3) is 0 Å². The molecule has 0 aliphatic carbocycles. The number of piperidine rings is 1. The molecular weight excluding hydrogens is 296 g/mol. The second-order valence-corrected chi connectivity index (χ2v) is 6.80. The van der Waals surface area contributed by atoms with Gasteiger partial charge in [-0.1, -0.05) is 0 Å². The first-order chi connectivity index (χ1) is 10.7. The minimum atomic E-state index is 0.548. The number of aromatic nitrogens is 1. The second-order valence-electron chi connectivity index (χ2n) is 5.57. The van der Waals surface area contributed by atoms with Gasteiger partial charge in [-0.15, -0.1) is 11.3 Å². The van der Waals surface area contributed by atoms with Gasteiger partial charge in [0.2, 0.25) is 0 Å². The molecule has 1 aromatic carbocycles. The van der Waals surface area contributed by atoms with Crippen molar-refractivity contribution in [3.8, 4) is 22.8 Å². The Kier molecular flexibility index (Phi) is 4.64. The maximum Gasteiger partial charge on any atom is 0.161 e. The lowest BCUT2D eigenvalue weighted by Crippen LogP contribution is -2.28. The van der Waals surface area contributed by atoms with E-state index in [-0.39, 0.29) is 0 Å². The molecular formula is C17H22N2O2S. The third-order valence-corrected chi connectivity index (χ3v) is 5.25. The summed E-state index contributed by atoms with van der Waals surface area (Å²) in [5, 5.41) is 4.71. The average Bonchev–Trinajstić information content (AvgIpc) is 2.97. The van der Waals surface area contributed by atoms with E-state index in [1.54, 1.807) is 14.2 Å². The van der Waals surface area contributed by atoms with Crippen molar-refractivity contribution >= 4 is 11.3 Å². The van der Waals surface area contributed by atoms with Crippen LogP contribution >= 0.6 is 11.3 Å². The van der Waals surface area contributed by atoms with Gasteiger partial charge in [0.15, 0.2) is 11.5 Å². The fraction of sp³-hybridized carbons (Fsp3) is 0.471. The monoisotopic (exact) mass is 318 g/mol. The molecule has 1 saturated heterocycles. The summed E-state index contributed by atoms with van der Waals surface area (Å²) in [6.07, 6.45) is 2.46. The van der Waals surface area contributed by atoms with Gasteiger partial charge in [-0.3, -0.25) is 0 Å². The van der Waals surface area contributed by atoms with E-state index in [1.807, 2.05) is 29.5 Å². The van der Waals surface area contributed by atoms with E-state index >= 15 is 0 Å². The quantitative estimate of drug-likeness (QED) is 0.935. The van der Waals surface area contributed by atoms with Crippen LogP contribution in [0.5, 0.6) is 11.5 Å². The normalized spacial score (nSPS) is 18.2. The van der Waals surface area contributed by atoms with Crippen molar-refractivity contribution in [3.63, 3.8) is 0 Å². The van der Waals surface area contributed by atoms with Crippen LogP contribution in [0.25, 0.3) is 11.3 Å². The van der Waals surface area contributed by atoms with E-state index in [1.165, 1.54) is 22.7 Å². The average molecular weight is 318 g/mol. The van der Waals surface area contributed by atoms with Crippen LogP contribution in [0.1, 0.15) is 28.6 Å². The maximum absolute atomic E-state index is 5.40. The van der Waals surface area contributed by atoms with Gasteiger partial charge in [0.1, 0.15) is 0 Å². The SMILES string of the molecule is COc1ccc(-c2nc(C3CCCNC3)sc2C)cc1OC. The minimum Gasteiger partial charge on any atom is -0.493 e. The van der Waals surface area contributed by atoms with Crippen LogP contribution < -0.4 is 14.8 Å². The lowest BCUT2D eigenvalue weighted by Gasteiger charge is -2.20. The van der Waals surface area contributed by atoms with E-state index in [4.69, 9.17) is 14.5 Å². The first-order valence-electron chi connectivity index (χ1n) is 7.63. The van der Waals surface area contributed by atoms with Crippen LogP contribution in [0.3, 0.4) is 0 Å². The van der Waals surface area contributed by atoms with Crippen molar-refractivity contribution < 1.29 is 9.47 Å². The number of methoxy groups -OCH3 is 2. The van der Waals surface area contributed by atoms with Crippen LogP contribution in [-0.2, 0) is 0 Å². The molecule has 1 fully saturated rings. The van der Waals surface area contributed by atoms with E-state index in [0.29, 0.717) is 5.92 Å². The first kappa shape index (κ1) is 15.3. The number of benzene rings is 1. The molecule has 22 heavy (non-hydrogen) atoms. The maximum atomic E-state index is 5.40. The zero-order chi connectivity index (χ0) is 15.5. The smallest absolute Gasteiger partial charge is 0.161 e. The van der Waals surface area contributed by atoms with Gasteiger partial charge in [-0.2, -0.15) is 0 Å². The lowest BCUT2D eigenvalue weighted by atomic mass is 10.0. The van der Waals surface area contributed by atoms with Crippen LogP contribution in [0, 0.1) is 6.92 Å². The molecule has 1 unspecified atom stereocenters. The number of ether oxygens (including phenoxy) is 2. The van der Waals surface area contributed by atoms with Gasteiger partial charge in [-0.05, 0) is 44.5 Å². The molecule has 3 rings (SSSR count). The Labute approximate surface area is 135 Å². The molecule has 118 valence electrons. The predicted octanol–water partition coefficient (Wildman–Crippen LogP) is 3.60. The first-order valence-corrected chi connectivity index (χ1v) is 8.45. The fourth-order valence-corrected chi connectivity index (χ4v) is 3.98. The van der Waals surface area contributed by atoms with Gasteiger partial charge in [-0.25, -0.2) is 4.98 Å². The zero-order valence-corrected chi connectivity index (χ0v) is 14.1. The third kappa shape index (κ3) is 2.96. The fourth-order valence-electron chi connectivity index (χ4n) is 2.91. The summed E-state index contributed by atoms with van der Waals surface area (Å²) in [4.78, 5) is 6.17. The topological polar surface area (TPSA) is 43.4 Å². The summed E-state index contributed by atoms with van der Waals surface area (Å²) in [6.45, 7) is 4.31. The molecule has 0 bridgehead atoms. The molecule has 2 aromatic rings. The van der Waals surface area contributed by atoms with Crippen molar-refractivity contribution in [1.82, 2.24) is 10.3 Å². The Balaban J connectivity index is 1.93. The molecule has 1 aliphatic rings. The Bertz CT molecular complexity index is 648. The van der Waals surface area contributed by atoms with Crippen molar-refractivity contribution in [2.75, 3.05) is 27.3 Å². The highest BCUT2D eigenvalue weighted by atomic mass is 32.1. The highest BCUT2D eigenvalue weighted by molar-refractivity contribution is 7.12. The Morgan fingerprint density at radius 2 is 2.05 bits per heavy atom. The molecule has 0 spiro atoms. The summed E-state index contributed by atoms with van der Waals surface area (Å²) in [5.41, 5.74) is 2.15. The molecule has 4 nitrogen and oxygen atoms in total. The molecule has 1 atom stereocenters. The number of aryl methyl sites for hydroxylation is 1. The summed E-state index contributed by atoms with van der Waals surface area (Å²) in [5.74, 6) is 2.04. The van der Waals surface area contributed by atoms with Crippen molar-refractivity contribution in [2.24, 2.45) is 0 Å². The molecule has 0 radical (unpaired) electrons. The lowest BCUT2D eigenvalue weighted by molar-refractivity contribution is 0.355. The zero-order valence-electron chi connectivity index (χ0n) is 13.3. The number of nitrogens with zero attached hydrogens (tertiary/aromatic N) is 1. The number of hydrogen-bond acceptors (Lipinski definition) is 5. The molecule has 5 heteroatoms. The number of rotatable bonds is 4. The van der Waals surface area contributed by atoms with E-state index in [2.05, 4.69) is 12.2 Å². The van der Waals surface area contributed by atoms with Crippen LogP contribution in [0.4, 0.5) is 0 Å². The number of nitrogens with one attached hydrogen (secondary N) is 1. The highest BCUT2D eigenvalue weighted by Gasteiger charge is 2.21. The highest BCUT2D eigenvalue weighted by Crippen LogP contribution is 2.37.